The molecule has 0 aromatic heterocycles. The number of nitrogens with one attached hydrogen (secondary N) is 2. The molecule has 0 radical (unpaired) electrons. The van der Waals surface area contributed by atoms with E-state index in [0.717, 1.165) is 29.7 Å². The number of aliphatic hydroxyl groups excluding tert-OH is 1. The van der Waals surface area contributed by atoms with Crippen molar-refractivity contribution in [1.82, 2.24) is 5.32 Å². The van der Waals surface area contributed by atoms with Crippen molar-refractivity contribution in [3.63, 3.8) is 0 Å². The predicted octanol–water partition coefficient (Wildman–Crippen LogP) is 3.90. The first-order valence-electron chi connectivity index (χ1n) is 8.80. The molecule has 1 aliphatic carbocycles. The molecular formula is C21H26N2O2. The van der Waals surface area contributed by atoms with Crippen molar-refractivity contribution in [1.29, 1.82) is 0 Å². The molecule has 4 nitrogen and oxygen atoms in total. The molecule has 0 saturated carbocycles. The van der Waals surface area contributed by atoms with Gasteiger partial charge >= 0.3 is 6.03 Å². The Morgan fingerprint density at radius 2 is 1.88 bits per heavy atom. The Morgan fingerprint density at radius 3 is 2.60 bits per heavy atom. The van der Waals surface area contributed by atoms with Crippen molar-refractivity contribution in [2.45, 2.75) is 51.7 Å². The lowest BCUT2D eigenvalue weighted by Crippen LogP contribution is -2.43. The minimum atomic E-state index is -0.480. The van der Waals surface area contributed by atoms with E-state index in [-0.39, 0.29) is 12.1 Å². The fourth-order valence-corrected chi connectivity index (χ4v) is 3.37. The number of aliphatic hydroxyl groups is 1. The molecule has 3 N–H and O–H groups in total. The molecular weight excluding hydrogens is 312 g/mol. The summed E-state index contributed by atoms with van der Waals surface area (Å²) < 4.78 is 0. The summed E-state index contributed by atoms with van der Waals surface area (Å²) in [7, 11) is 0. The summed E-state index contributed by atoms with van der Waals surface area (Å²) in [6, 6.07) is 13.9. The third-order valence-electron chi connectivity index (χ3n) is 4.91. The molecule has 2 amide bonds. The molecule has 0 spiro atoms. The van der Waals surface area contributed by atoms with E-state index >= 15 is 0 Å². The van der Waals surface area contributed by atoms with E-state index in [0.29, 0.717) is 6.42 Å². The lowest BCUT2D eigenvalue weighted by molar-refractivity contribution is 0.159. The van der Waals surface area contributed by atoms with Gasteiger partial charge in [0.15, 0.2) is 0 Å². The number of aryl methyl sites for hydroxylation is 2. The number of fused-ring (bicyclic) bond motifs is 1. The van der Waals surface area contributed by atoms with E-state index in [4.69, 9.17) is 0 Å². The summed E-state index contributed by atoms with van der Waals surface area (Å²) in [5.41, 5.74) is 4.81. The fourth-order valence-electron chi connectivity index (χ4n) is 3.37. The number of hydrogen-bond acceptors (Lipinski definition) is 2. The van der Waals surface area contributed by atoms with E-state index in [2.05, 4.69) is 16.7 Å². The molecule has 2 aromatic carbocycles. The van der Waals surface area contributed by atoms with Crippen molar-refractivity contribution in [3.8, 4) is 0 Å². The number of hydrogen-bond donors (Lipinski definition) is 3. The highest BCUT2D eigenvalue weighted by Gasteiger charge is 2.24. The van der Waals surface area contributed by atoms with Gasteiger partial charge in [-0.1, -0.05) is 42.0 Å². The Kier molecular flexibility index (Phi) is 4.82. The lowest BCUT2D eigenvalue weighted by Gasteiger charge is -2.28. The van der Waals surface area contributed by atoms with Crippen molar-refractivity contribution in [2.24, 2.45) is 0 Å². The van der Waals surface area contributed by atoms with Crippen LogP contribution in [0.2, 0.25) is 0 Å². The number of urea groups is 1. The minimum Gasteiger partial charge on any atom is -0.393 e. The van der Waals surface area contributed by atoms with Crippen LogP contribution >= 0.6 is 0 Å². The highest BCUT2D eigenvalue weighted by Crippen LogP contribution is 2.28. The summed E-state index contributed by atoms with van der Waals surface area (Å²) >= 11 is 0. The molecule has 2 aromatic rings. The maximum absolute atomic E-state index is 12.6. The van der Waals surface area contributed by atoms with Crippen LogP contribution in [0.4, 0.5) is 10.5 Å². The van der Waals surface area contributed by atoms with Crippen LogP contribution < -0.4 is 10.6 Å². The summed E-state index contributed by atoms with van der Waals surface area (Å²) in [5.74, 6) is 0. The van der Waals surface area contributed by atoms with Gasteiger partial charge < -0.3 is 15.7 Å². The quantitative estimate of drug-likeness (QED) is 0.795. The second kappa shape index (κ2) is 6.89. The van der Waals surface area contributed by atoms with Crippen LogP contribution in [0.15, 0.2) is 42.5 Å². The molecule has 1 unspecified atom stereocenters. The van der Waals surface area contributed by atoms with Crippen molar-refractivity contribution in [2.75, 3.05) is 5.32 Å². The van der Waals surface area contributed by atoms with Crippen LogP contribution in [-0.2, 0) is 18.4 Å². The van der Waals surface area contributed by atoms with Crippen LogP contribution in [0.25, 0.3) is 0 Å². The first kappa shape index (κ1) is 17.5. The fraction of sp³-hybridized carbons (Fsp3) is 0.381. The van der Waals surface area contributed by atoms with E-state index in [1.807, 2.05) is 57.2 Å². The minimum absolute atomic E-state index is 0.237. The maximum atomic E-state index is 12.6. The first-order chi connectivity index (χ1) is 11.8. The van der Waals surface area contributed by atoms with Gasteiger partial charge in [-0.25, -0.2) is 4.79 Å². The Hall–Kier alpha value is -2.33. The zero-order chi connectivity index (χ0) is 18.0. The van der Waals surface area contributed by atoms with Gasteiger partial charge in [-0.05, 0) is 56.4 Å². The third-order valence-corrected chi connectivity index (χ3v) is 4.91. The zero-order valence-corrected chi connectivity index (χ0v) is 15.1. The number of amides is 2. The smallest absolute Gasteiger partial charge is 0.319 e. The Labute approximate surface area is 149 Å². The lowest BCUT2D eigenvalue weighted by atomic mass is 9.88. The maximum Gasteiger partial charge on any atom is 0.319 e. The normalized spacial score (nSPS) is 16.9. The topological polar surface area (TPSA) is 61.4 Å². The van der Waals surface area contributed by atoms with Crippen molar-refractivity contribution < 1.29 is 9.90 Å². The number of rotatable bonds is 3. The van der Waals surface area contributed by atoms with Gasteiger partial charge in [0.2, 0.25) is 0 Å². The van der Waals surface area contributed by atoms with Crippen molar-refractivity contribution >= 4 is 11.7 Å². The second-order valence-electron chi connectivity index (χ2n) is 7.41. The van der Waals surface area contributed by atoms with Crippen LogP contribution in [0.1, 0.15) is 42.5 Å². The molecule has 0 fully saturated rings. The number of benzene rings is 2. The average Bonchev–Trinajstić information content (AvgIpc) is 2.55. The monoisotopic (exact) mass is 338 g/mol. The summed E-state index contributed by atoms with van der Waals surface area (Å²) in [5, 5.41) is 16.0. The largest absolute Gasteiger partial charge is 0.393 e. The highest BCUT2D eigenvalue weighted by molar-refractivity contribution is 5.91. The van der Waals surface area contributed by atoms with Gasteiger partial charge in [0, 0.05) is 12.1 Å². The predicted molar refractivity (Wildman–Crippen MR) is 101 cm³/mol. The molecule has 0 bridgehead atoms. The number of carbonyl (C=O) groups excluding carboxylic acids is 1. The standard InChI is InChI=1S/C21H26N2O2/c1-14-7-10-16(11-8-14)21(2,3)23-20(25)22-19-6-4-5-15-9-12-17(24)13-18(15)19/h4-8,10-11,17,24H,9,12-13H2,1-3H3,(H2,22,23,25). The number of carbonyl (C=O) groups is 1. The first-order valence-corrected chi connectivity index (χ1v) is 8.80. The Morgan fingerprint density at radius 1 is 1.16 bits per heavy atom. The van der Waals surface area contributed by atoms with Crippen LogP contribution in [0.5, 0.6) is 0 Å². The Bertz CT molecular complexity index is 766. The molecule has 0 heterocycles. The van der Waals surface area contributed by atoms with Gasteiger partial charge in [0.05, 0.1) is 11.6 Å². The van der Waals surface area contributed by atoms with Gasteiger partial charge in [-0.15, -0.1) is 0 Å². The molecule has 1 atom stereocenters. The van der Waals surface area contributed by atoms with E-state index < -0.39 is 5.54 Å². The molecule has 3 rings (SSSR count). The summed E-state index contributed by atoms with van der Waals surface area (Å²) in [4.78, 5) is 12.6. The zero-order valence-electron chi connectivity index (χ0n) is 15.1. The van der Waals surface area contributed by atoms with Gasteiger partial charge in [0.1, 0.15) is 0 Å². The van der Waals surface area contributed by atoms with E-state index in [9.17, 15) is 9.90 Å². The molecule has 0 saturated heterocycles. The summed E-state index contributed by atoms with van der Waals surface area (Å²) in [6.45, 7) is 6.02. The van der Waals surface area contributed by atoms with Crippen molar-refractivity contribution in [3.05, 3.63) is 64.7 Å². The van der Waals surface area contributed by atoms with Crippen LogP contribution in [0.3, 0.4) is 0 Å². The Balaban J connectivity index is 1.74. The van der Waals surface area contributed by atoms with Crippen LogP contribution in [-0.4, -0.2) is 17.2 Å². The second-order valence-corrected chi connectivity index (χ2v) is 7.41. The molecule has 25 heavy (non-hydrogen) atoms. The molecule has 132 valence electrons. The summed E-state index contributed by atoms with van der Waals surface area (Å²) in [6.07, 6.45) is 1.89. The average molecular weight is 338 g/mol. The van der Waals surface area contributed by atoms with Gasteiger partial charge in [-0.2, -0.15) is 0 Å². The van der Waals surface area contributed by atoms with E-state index in [1.54, 1.807) is 0 Å². The molecule has 4 heteroatoms. The molecule has 0 aliphatic heterocycles. The highest BCUT2D eigenvalue weighted by atomic mass is 16.3. The van der Waals surface area contributed by atoms with Crippen LogP contribution in [0, 0.1) is 6.92 Å². The SMILES string of the molecule is Cc1ccc(C(C)(C)NC(=O)Nc2cccc3c2CC(O)CC3)cc1. The van der Waals surface area contributed by atoms with E-state index in [1.165, 1.54) is 11.1 Å². The molecule has 1 aliphatic rings. The van der Waals surface area contributed by atoms with Gasteiger partial charge in [0.25, 0.3) is 0 Å². The van der Waals surface area contributed by atoms with Gasteiger partial charge in [-0.3, -0.25) is 0 Å². The number of anilines is 1. The third kappa shape index (κ3) is 4.02.